The smallest absolute Gasteiger partial charge is 0.313 e. The fraction of sp³-hybridized carbons (Fsp3) is 0.333. The molecule has 0 saturated carbocycles. The van der Waals surface area contributed by atoms with E-state index in [0.29, 0.717) is 30.0 Å². The summed E-state index contributed by atoms with van der Waals surface area (Å²) in [5.74, 6) is -0.420. The first kappa shape index (κ1) is 15.1. The van der Waals surface area contributed by atoms with E-state index in [0.717, 1.165) is 5.39 Å². The van der Waals surface area contributed by atoms with Crippen molar-refractivity contribution in [3.05, 3.63) is 40.2 Å². The summed E-state index contributed by atoms with van der Waals surface area (Å²) in [6, 6.07) is 7.05. The highest BCUT2D eigenvalue weighted by molar-refractivity contribution is 5.83. The number of methoxy groups -OCH3 is 1. The molecule has 6 heteroatoms. The number of esters is 1. The highest BCUT2D eigenvalue weighted by Gasteiger charge is 2.19. The minimum Gasteiger partial charge on any atom is -0.492 e. The summed E-state index contributed by atoms with van der Waals surface area (Å²) in [4.78, 5) is 26.4. The molecular formula is C15H18N2O4. The summed E-state index contributed by atoms with van der Waals surface area (Å²) < 4.78 is 10.1. The molecule has 0 radical (unpaired) electrons. The number of aromatic nitrogens is 1. The van der Waals surface area contributed by atoms with Gasteiger partial charge in [-0.25, -0.2) is 0 Å². The predicted molar refractivity (Wildman–Crippen MR) is 79.5 cm³/mol. The summed E-state index contributed by atoms with van der Waals surface area (Å²) in [5, 5.41) is 0.820. The van der Waals surface area contributed by atoms with Crippen LogP contribution in [0.1, 0.15) is 18.4 Å². The van der Waals surface area contributed by atoms with Crippen LogP contribution < -0.4 is 16.0 Å². The van der Waals surface area contributed by atoms with Gasteiger partial charge in [-0.05, 0) is 30.5 Å². The van der Waals surface area contributed by atoms with Gasteiger partial charge in [-0.2, -0.15) is 0 Å². The van der Waals surface area contributed by atoms with Gasteiger partial charge in [0.25, 0.3) is 5.56 Å². The third-order valence-electron chi connectivity index (χ3n) is 3.25. The number of fused-ring (bicyclic) bond motifs is 1. The van der Waals surface area contributed by atoms with Crippen LogP contribution in [0, 0.1) is 0 Å². The van der Waals surface area contributed by atoms with Crippen molar-refractivity contribution in [3.63, 3.8) is 0 Å². The van der Waals surface area contributed by atoms with Crippen LogP contribution in [-0.2, 0) is 9.53 Å². The summed E-state index contributed by atoms with van der Waals surface area (Å²) in [6.07, 6.45) is 0. The highest BCUT2D eigenvalue weighted by atomic mass is 16.5. The van der Waals surface area contributed by atoms with E-state index in [1.807, 2.05) is 6.07 Å². The molecule has 0 aliphatic rings. The van der Waals surface area contributed by atoms with Gasteiger partial charge in [0.15, 0.2) is 0 Å². The van der Waals surface area contributed by atoms with E-state index in [1.165, 1.54) is 7.11 Å². The summed E-state index contributed by atoms with van der Waals surface area (Å²) in [6.45, 7) is 2.47. The van der Waals surface area contributed by atoms with Crippen LogP contribution in [-0.4, -0.2) is 31.2 Å². The SMILES string of the molecule is COC(=O)C(C)c1cc2ccc(OCCN)cc2[nH]c1=O. The van der Waals surface area contributed by atoms with Gasteiger partial charge in [0, 0.05) is 18.2 Å². The van der Waals surface area contributed by atoms with Crippen molar-refractivity contribution >= 4 is 16.9 Å². The van der Waals surface area contributed by atoms with Crippen LogP contribution in [0.5, 0.6) is 5.75 Å². The van der Waals surface area contributed by atoms with E-state index in [9.17, 15) is 9.59 Å². The lowest BCUT2D eigenvalue weighted by Gasteiger charge is -2.10. The molecule has 0 bridgehead atoms. The first-order valence-electron chi connectivity index (χ1n) is 6.64. The molecule has 1 heterocycles. The molecule has 1 aromatic heterocycles. The highest BCUT2D eigenvalue weighted by Crippen LogP contribution is 2.21. The normalized spacial score (nSPS) is 12.1. The van der Waals surface area contributed by atoms with Crippen LogP contribution >= 0.6 is 0 Å². The van der Waals surface area contributed by atoms with Crippen LogP contribution in [0.15, 0.2) is 29.1 Å². The Balaban J connectivity index is 2.42. The number of ether oxygens (including phenoxy) is 2. The molecule has 3 N–H and O–H groups in total. The molecule has 2 aromatic rings. The summed E-state index contributed by atoms with van der Waals surface area (Å²) in [5.41, 5.74) is 6.10. The number of nitrogens with two attached hydrogens (primary N) is 1. The maximum Gasteiger partial charge on any atom is 0.313 e. The molecule has 0 saturated heterocycles. The van der Waals surface area contributed by atoms with E-state index in [-0.39, 0.29) is 5.56 Å². The Morgan fingerprint density at radius 3 is 2.81 bits per heavy atom. The van der Waals surface area contributed by atoms with Crippen LogP contribution in [0.2, 0.25) is 0 Å². The number of hydrogen-bond donors (Lipinski definition) is 2. The third kappa shape index (κ3) is 3.22. The molecule has 6 nitrogen and oxygen atoms in total. The second-order valence-electron chi connectivity index (χ2n) is 4.68. The van der Waals surface area contributed by atoms with Crippen molar-refractivity contribution in [2.45, 2.75) is 12.8 Å². The quantitative estimate of drug-likeness (QED) is 0.805. The van der Waals surface area contributed by atoms with Gasteiger partial charge in [0.05, 0.1) is 18.5 Å². The number of hydrogen-bond acceptors (Lipinski definition) is 5. The molecule has 0 aliphatic carbocycles. The number of benzene rings is 1. The molecule has 0 fully saturated rings. The van der Waals surface area contributed by atoms with Gasteiger partial charge >= 0.3 is 5.97 Å². The van der Waals surface area contributed by atoms with E-state index < -0.39 is 11.9 Å². The van der Waals surface area contributed by atoms with Gasteiger partial charge in [0.1, 0.15) is 12.4 Å². The standard InChI is InChI=1S/C15H18N2O4/c1-9(15(19)20-2)12-7-10-3-4-11(21-6-5-16)8-13(10)17-14(12)18/h3-4,7-9H,5-6,16H2,1-2H3,(H,17,18). The van der Waals surface area contributed by atoms with E-state index in [1.54, 1.807) is 25.1 Å². The second-order valence-corrected chi connectivity index (χ2v) is 4.68. The van der Waals surface area contributed by atoms with Crippen molar-refractivity contribution in [1.29, 1.82) is 0 Å². The van der Waals surface area contributed by atoms with Gasteiger partial charge in [-0.1, -0.05) is 0 Å². The largest absolute Gasteiger partial charge is 0.492 e. The van der Waals surface area contributed by atoms with Crippen molar-refractivity contribution in [3.8, 4) is 5.75 Å². The maximum absolute atomic E-state index is 12.1. The number of H-pyrrole nitrogens is 1. The first-order chi connectivity index (χ1) is 10.1. The number of pyridine rings is 1. The average molecular weight is 290 g/mol. The lowest BCUT2D eigenvalue weighted by molar-refractivity contribution is -0.142. The molecule has 1 atom stereocenters. The topological polar surface area (TPSA) is 94.4 Å². The predicted octanol–water partition coefficient (Wildman–Crippen LogP) is 1.14. The average Bonchev–Trinajstić information content (AvgIpc) is 2.50. The minimum absolute atomic E-state index is 0.309. The fourth-order valence-electron chi connectivity index (χ4n) is 2.09. The Kier molecular flexibility index (Phi) is 4.59. The van der Waals surface area contributed by atoms with Crippen molar-refractivity contribution in [2.24, 2.45) is 5.73 Å². The summed E-state index contributed by atoms with van der Waals surface area (Å²) >= 11 is 0. The zero-order valence-electron chi connectivity index (χ0n) is 12.0. The van der Waals surface area contributed by atoms with Gasteiger partial charge in [0.2, 0.25) is 0 Å². The first-order valence-corrected chi connectivity index (χ1v) is 6.64. The second kappa shape index (κ2) is 6.41. The van der Waals surface area contributed by atoms with Crippen molar-refractivity contribution < 1.29 is 14.3 Å². The zero-order valence-corrected chi connectivity index (χ0v) is 12.0. The Labute approximate surface area is 121 Å². The lowest BCUT2D eigenvalue weighted by Crippen LogP contribution is -2.21. The van der Waals surface area contributed by atoms with E-state index in [2.05, 4.69) is 9.72 Å². The van der Waals surface area contributed by atoms with Crippen LogP contribution in [0.25, 0.3) is 10.9 Å². The molecule has 2 rings (SSSR count). The van der Waals surface area contributed by atoms with Crippen molar-refractivity contribution in [1.82, 2.24) is 4.98 Å². The van der Waals surface area contributed by atoms with Gasteiger partial charge < -0.3 is 20.2 Å². The molecule has 21 heavy (non-hydrogen) atoms. The molecule has 1 aromatic carbocycles. The minimum atomic E-state index is -0.615. The van der Waals surface area contributed by atoms with E-state index >= 15 is 0 Å². The Morgan fingerprint density at radius 1 is 1.38 bits per heavy atom. The lowest BCUT2D eigenvalue weighted by atomic mass is 10.0. The fourth-order valence-corrected chi connectivity index (χ4v) is 2.09. The molecule has 1 unspecified atom stereocenters. The molecule has 0 amide bonds. The maximum atomic E-state index is 12.1. The molecule has 0 spiro atoms. The zero-order chi connectivity index (χ0) is 15.4. The van der Waals surface area contributed by atoms with Crippen LogP contribution in [0.3, 0.4) is 0 Å². The van der Waals surface area contributed by atoms with Crippen molar-refractivity contribution in [2.75, 3.05) is 20.3 Å². The third-order valence-corrected chi connectivity index (χ3v) is 3.25. The number of carbonyl (C=O) groups excluding carboxylic acids is 1. The van der Waals surface area contributed by atoms with Gasteiger partial charge in [-0.3, -0.25) is 9.59 Å². The Hall–Kier alpha value is -2.34. The Morgan fingerprint density at radius 2 is 2.14 bits per heavy atom. The van der Waals surface area contributed by atoms with Gasteiger partial charge in [-0.15, -0.1) is 0 Å². The molecule has 0 aliphatic heterocycles. The monoisotopic (exact) mass is 290 g/mol. The number of nitrogens with one attached hydrogen (secondary N) is 1. The van der Waals surface area contributed by atoms with E-state index in [4.69, 9.17) is 10.5 Å². The number of rotatable bonds is 5. The Bertz CT molecular complexity index is 708. The van der Waals surface area contributed by atoms with Crippen LogP contribution in [0.4, 0.5) is 0 Å². The molecule has 112 valence electrons. The number of aromatic amines is 1. The number of carbonyl (C=O) groups is 1. The summed E-state index contributed by atoms with van der Waals surface area (Å²) in [7, 11) is 1.30. The molecular weight excluding hydrogens is 272 g/mol.